The molecule has 0 saturated heterocycles. The quantitative estimate of drug-likeness (QED) is 0.792. The molecule has 17 heavy (non-hydrogen) atoms. The summed E-state index contributed by atoms with van der Waals surface area (Å²) in [7, 11) is -3.46. The van der Waals surface area contributed by atoms with Crippen LogP contribution in [0.15, 0.2) is 23.1 Å². The van der Waals surface area contributed by atoms with Crippen molar-refractivity contribution < 1.29 is 8.42 Å². The molecule has 0 amide bonds. The number of rotatable bonds is 5. The van der Waals surface area contributed by atoms with Gasteiger partial charge in [-0.2, -0.15) is 0 Å². The van der Waals surface area contributed by atoms with Gasteiger partial charge in [0, 0.05) is 11.7 Å². The molecule has 0 aliphatic carbocycles. The Kier molecular flexibility index (Phi) is 4.54. The van der Waals surface area contributed by atoms with Crippen molar-refractivity contribution in [1.82, 2.24) is 4.72 Å². The average molecular weight is 256 g/mol. The number of nitrogen functional groups attached to an aromatic ring is 1. The lowest BCUT2D eigenvalue weighted by atomic mass is 10.2. The van der Waals surface area contributed by atoms with Crippen molar-refractivity contribution >= 4 is 15.7 Å². The maximum Gasteiger partial charge on any atom is 0.241 e. The molecule has 1 unspecified atom stereocenters. The third-order valence-corrected chi connectivity index (χ3v) is 4.43. The highest BCUT2D eigenvalue weighted by Crippen LogP contribution is 2.20. The smallest absolute Gasteiger partial charge is 0.241 e. The second-order valence-corrected chi connectivity index (χ2v) is 5.96. The Morgan fingerprint density at radius 2 is 2.06 bits per heavy atom. The van der Waals surface area contributed by atoms with Gasteiger partial charge in [0.1, 0.15) is 0 Å². The predicted molar refractivity (Wildman–Crippen MR) is 70.3 cm³/mol. The van der Waals surface area contributed by atoms with Gasteiger partial charge in [-0.3, -0.25) is 0 Å². The molecule has 0 bridgehead atoms. The lowest BCUT2D eigenvalue weighted by molar-refractivity contribution is 0.543. The van der Waals surface area contributed by atoms with Crippen molar-refractivity contribution in [3.63, 3.8) is 0 Å². The number of benzene rings is 1. The second kappa shape index (κ2) is 5.51. The number of nitrogens with one attached hydrogen (secondary N) is 1. The van der Waals surface area contributed by atoms with E-state index >= 15 is 0 Å². The Morgan fingerprint density at radius 1 is 1.41 bits per heavy atom. The molecule has 1 aromatic rings. The zero-order valence-electron chi connectivity index (χ0n) is 10.5. The topological polar surface area (TPSA) is 72.2 Å². The van der Waals surface area contributed by atoms with Crippen LogP contribution in [0, 0.1) is 6.92 Å². The summed E-state index contributed by atoms with van der Waals surface area (Å²) in [5, 5.41) is 0. The number of anilines is 1. The number of nitrogens with two attached hydrogens (primary N) is 1. The van der Waals surface area contributed by atoms with Gasteiger partial charge in [-0.1, -0.05) is 19.4 Å². The average Bonchev–Trinajstić information content (AvgIpc) is 2.21. The summed E-state index contributed by atoms with van der Waals surface area (Å²) in [6.07, 6.45) is 1.76. The number of hydrogen-bond acceptors (Lipinski definition) is 3. The first kappa shape index (κ1) is 14.0. The van der Waals surface area contributed by atoms with Crippen LogP contribution in [-0.4, -0.2) is 14.5 Å². The Hall–Kier alpha value is -1.07. The zero-order valence-corrected chi connectivity index (χ0v) is 11.3. The fourth-order valence-electron chi connectivity index (χ4n) is 1.74. The normalized spacial score (nSPS) is 13.6. The van der Waals surface area contributed by atoms with E-state index < -0.39 is 10.0 Å². The fraction of sp³-hybridized carbons (Fsp3) is 0.500. The van der Waals surface area contributed by atoms with Crippen molar-refractivity contribution in [3.05, 3.63) is 23.8 Å². The van der Waals surface area contributed by atoms with Crippen LogP contribution in [0.1, 0.15) is 32.3 Å². The lowest BCUT2D eigenvalue weighted by Gasteiger charge is -2.15. The van der Waals surface area contributed by atoms with E-state index in [1.165, 1.54) is 0 Å². The fourth-order valence-corrected chi connectivity index (χ4v) is 3.30. The van der Waals surface area contributed by atoms with Crippen molar-refractivity contribution in [2.24, 2.45) is 0 Å². The van der Waals surface area contributed by atoms with Crippen LogP contribution in [0.5, 0.6) is 0 Å². The van der Waals surface area contributed by atoms with Crippen molar-refractivity contribution in [3.8, 4) is 0 Å². The van der Waals surface area contributed by atoms with Gasteiger partial charge in [0.05, 0.1) is 4.90 Å². The molecule has 1 atom stereocenters. The van der Waals surface area contributed by atoms with E-state index in [0.29, 0.717) is 11.3 Å². The standard InChI is InChI=1S/C12H20N2O2S/c1-4-6-9(2)14-17(15,16)12-8-5-7-11(13)10(12)3/h5,7-9,14H,4,6,13H2,1-3H3. The highest BCUT2D eigenvalue weighted by atomic mass is 32.2. The van der Waals surface area contributed by atoms with Crippen molar-refractivity contribution in [1.29, 1.82) is 0 Å². The highest BCUT2D eigenvalue weighted by molar-refractivity contribution is 7.89. The van der Waals surface area contributed by atoms with Gasteiger partial charge in [0.15, 0.2) is 0 Å². The molecule has 0 heterocycles. The summed E-state index contributed by atoms with van der Waals surface area (Å²) in [6.45, 7) is 5.60. The number of sulfonamides is 1. The van der Waals surface area contributed by atoms with Crippen LogP contribution in [-0.2, 0) is 10.0 Å². The minimum absolute atomic E-state index is 0.0640. The molecule has 5 heteroatoms. The van der Waals surface area contributed by atoms with Crippen LogP contribution < -0.4 is 10.5 Å². The molecule has 0 radical (unpaired) electrons. The Balaban J connectivity index is 3.02. The van der Waals surface area contributed by atoms with Crippen molar-refractivity contribution in [2.75, 3.05) is 5.73 Å². The molecule has 0 aromatic heterocycles. The molecule has 0 fully saturated rings. The molecule has 4 nitrogen and oxygen atoms in total. The molecule has 0 aliphatic heterocycles. The van der Waals surface area contributed by atoms with Crippen molar-refractivity contribution in [2.45, 2.75) is 44.6 Å². The molecule has 0 aliphatic rings. The first-order chi connectivity index (χ1) is 7.88. The van der Waals surface area contributed by atoms with Crippen LogP contribution >= 0.6 is 0 Å². The van der Waals surface area contributed by atoms with Crippen LogP contribution in [0.25, 0.3) is 0 Å². The van der Waals surface area contributed by atoms with E-state index in [2.05, 4.69) is 4.72 Å². The largest absolute Gasteiger partial charge is 0.398 e. The lowest BCUT2D eigenvalue weighted by Crippen LogP contribution is -2.32. The zero-order chi connectivity index (χ0) is 13.1. The molecule has 0 spiro atoms. The van der Waals surface area contributed by atoms with Crippen LogP contribution in [0.3, 0.4) is 0 Å². The van der Waals surface area contributed by atoms with E-state index in [1.54, 1.807) is 25.1 Å². The molecular formula is C12H20N2O2S. The minimum Gasteiger partial charge on any atom is -0.398 e. The number of hydrogen-bond donors (Lipinski definition) is 2. The molecule has 1 aromatic carbocycles. The highest BCUT2D eigenvalue weighted by Gasteiger charge is 2.19. The predicted octanol–water partition coefficient (Wildman–Crippen LogP) is 2.04. The molecular weight excluding hydrogens is 236 g/mol. The van der Waals surface area contributed by atoms with E-state index in [0.717, 1.165) is 12.8 Å². The summed E-state index contributed by atoms with van der Waals surface area (Å²) in [5.74, 6) is 0. The summed E-state index contributed by atoms with van der Waals surface area (Å²) >= 11 is 0. The third-order valence-electron chi connectivity index (χ3n) is 2.69. The maximum absolute atomic E-state index is 12.1. The maximum atomic E-state index is 12.1. The Bertz CT molecular complexity index is 483. The Labute approximate surface area is 103 Å². The molecule has 96 valence electrons. The third kappa shape index (κ3) is 3.44. The Morgan fingerprint density at radius 3 is 2.65 bits per heavy atom. The van der Waals surface area contributed by atoms with Gasteiger partial charge in [0.2, 0.25) is 10.0 Å². The van der Waals surface area contributed by atoms with E-state index in [-0.39, 0.29) is 10.9 Å². The minimum atomic E-state index is -3.46. The molecule has 1 rings (SSSR count). The summed E-state index contributed by atoms with van der Waals surface area (Å²) < 4.78 is 26.9. The van der Waals surface area contributed by atoms with Gasteiger partial charge in [-0.25, -0.2) is 13.1 Å². The van der Waals surface area contributed by atoms with Gasteiger partial charge < -0.3 is 5.73 Å². The first-order valence-corrected chi connectivity index (χ1v) is 7.24. The SMILES string of the molecule is CCCC(C)NS(=O)(=O)c1cccc(N)c1C. The van der Waals surface area contributed by atoms with Crippen LogP contribution in [0.4, 0.5) is 5.69 Å². The van der Waals surface area contributed by atoms with E-state index in [4.69, 9.17) is 5.73 Å². The van der Waals surface area contributed by atoms with Gasteiger partial charge in [0.25, 0.3) is 0 Å². The summed E-state index contributed by atoms with van der Waals surface area (Å²) in [5.41, 5.74) is 6.81. The van der Waals surface area contributed by atoms with E-state index in [1.807, 2.05) is 13.8 Å². The van der Waals surface area contributed by atoms with Gasteiger partial charge >= 0.3 is 0 Å². The summed E-state index contributed by atoms with van der Waals surface area (Å²) in [4.78, 5) is 0.264. The first-order valence-electron chi connectivity index (χ1n) is 5.76. The molecule has 3 N–H and O–H groups in total. The monoisotopic (exact) mass is 256 g/mol. The van der Waals surface area contributed by atoms with Crippen LogP contribution in [0.2, 0.25) is 0 Å². The molecule has 0 saturated carbocycles. The van der Waals surface area contributed by atoms with E-state index in [9.17, 15) is 8.42 Å². The second-order valence-electron chi connectivity index (χ2n) is 4.28. The van der Waals surface area contributed by atoms with Gasteiger partial charge in [-0.15, -0.1) is 0 Å². The summed E-state index contributed by atoms with van der Waals surface area (Å²) in [6, 6.07) is 4.86. The van der Waals surface area contributed by atoms with Gasteiger partial charge in [-0.05, 0) is 38.0 Å².